The number of nitrogens with two attached hydrogens (primary N) is 1. The van der Waals surface area contributed by atoms with Gasteiger partial charge in [-0.2, -0.15) is 8.78 Å². The van der Waals surface area contributed by atoms with Crippen LogP contribution in [0.5, 0.6) is 5.75 Å². The Balaban J connectivity index is 3.24. The van der Waals surface area contributed by atoms with E-state index in [9.17, 15) is 13.6 Å². The summed E-state index contributed by atoms with van der Waals surface area (Å²) in [4.78, 5) is 11.1. The summed E-state index contributed by atoms with van der Waals surface area (Å²) in [5, 5.41) is 0. The zero-order chi connectivity index (χ0) is 11.6. The van der Waals surface area contributed by atoms with Gasteiger partial charge >= 0.3 is 6.61 Å². The first-order valence-electron chi connectivity index (χ1n) is 3.97. The molecule has 0 bridgehead atoms. The monoisotopic (exact) mass is 279 g/mol. The average Bonchev–Trinajstić information content (AvgIpc) is 2.11. The Morgan fingerprint density at radius 3 is 2.60 bits per heavy atom. The number of carbonyl (C=O) groups is 1. The van der Waals surface area contributed by atoms with E-state index in [1.165, 1.54) is 19.1 Å². The number of ether oxygens (including phenoxy) is 1. The Kier molecular flexibility index (Phi) is 3.62. The number of ketones is 1. The molecule has 0 saturated carbocycles. The van der Waals surface area contributed by atoms with Gasteiger partial charge in [0.05, 0.1) is 10.2 Å². The van der Waals surface area contributed by atoms with Gasteiger partial charge in [-0.15, -0.1) is 0 Å². The number of halogens is 3. The quantitative estimate of drug-likeness (QED) is 0.684. The number of Topliss-reactive ketones (excluding diaryl/α,β-unsaturated/α-hetero) is 1. The molecule has 0 spiro atoms. The molecule has 1 rings (SSSR count). The van der Waals surface area contributed by atoms with Crippen molar-refractivity contribution in [2.24, 2.45) is 0 Å². The van der Waals surface area contributed by atoms with Crippen molar-refractivity contribution in [3.8, 4) is 5.75 Å². The van der Waals surface area contributed by atoms with Crippen LogP contribution in [0.25, 0.3) is 0 Å². The number of nitrogen functional groups attached to an aromatic ring is 1. The molecule has 0 unspecified atom stereocenters. The molecular weight excluding hydrogens is 272 g/mol. The molecule has 0 aromatic heterocycles. The maximum atomic E-state index is 12.0. The van der Waals surface area contributed by atoms with Crippen LogP contribution in [-0.2, 0) is 0 Å². The van der Waals surface area contributed by atoms with Gasteiger partial charge in [0, 0.05) is 5.56 Å². The van der Waals surface area contributed by atoms with E-state index in [0.717, 1.165) is 0 Å². The van der Waals surface area contributed by atoms with Crippen molar-refractivity contribution in [1.29, 1.82) is 0 Å². The molecule has 0 saturated heterocycles. The maximum absolute atomic E-state index is 12.0. The Morgan fingerprint density at radius 2 is 2.13 bits per heavy atom. The summed E-state index contributed by atoms with van der Waals surface area (Å²) >= 11 is 3.01. The number of rotatable bonds is 3. The topological polar surface area (TPSA) is 52.3 Å². The minimum atomic E-state index is -2.98. The van der Waals surface area contributed by atoms with Crippen LogP contribution in [0, 0.1) is 0 Å². The number of benzene rings is 1. The van der Waals surface area contributed by atoms with Gasteiger partial charge in [0.25, 0.3) is 0 Å². The first-order valence-corrected chi connectivity index (χ1v) is 4.76. The van der Waals surface area contributed by atoms with Gasteiger partial charge in [-0.25, -0.2) is 0 Å². The Morgan fingerprint density at radius 1 is 1.53 bits per heavy atom. The molecule has 2 N–H and O–H groups in total. The van der Waals surface area contributed by atoms with Crippen LogP contribution in [0.1, 0.15) is 17.3 Å². The summed E-state index contributed by atoms with van der Waals surface area (Å²) in [6, 6.07) is 2.88. The molecular formula is C9H8BrF2NO2. The molecule has 0 amide bonds. The second-order valence-electron chi connectivity index (χ2n) is 2.77. The lowest BCUT2D eigenvalue weighted by Gasteiger charge is -2.11. The molecule has 0 heterocycles. The molecule has 82 valence electrons. The van der Waals surface area contributed by atoms with Crippen LogP contribution in [0.3, 0.4) is 0 Å². The van der Waals surface area contributed by atoms with Crippen molar-refractivity contribution in [2.45, 2.75) is 13.5 Å². The molecule has 0 aliphatic heterocycles. The fourth-order valence-corrected chi connectivity index (χ4v) is 1.53. The first kappa shape index (κ1) is 11.9. The van der Waals surface area contributed by atoms with E-state index < -0.39 is 6.61 Å². The SMILES string of the molecule is CC(=O)c1ccc(Br)c(OC(F)F)c1N. The van der Waals surface area contributed by atoms with E-state index in [1.807, 2.05) is 0 Å². The van der Waals surface area contributed by atoms with Gasteiger partial charge in [-0.3, -0.25) is 4.79 Å². The predicted octanol–water partition coefficient (Wildman–Crippen LogP) is 2.84. The highest BCUT2D eigenvalue weighted by molar-refractivity contribution is 9.10. The fourth-order valence-electron chi connectivity index (χ4n) is 1.09. The molecule has 0 radical (unpaired) electrons. The van der Waals surface area contributed by atoms with E-state index in [1.54, 1.807) is 0 Å². The van der Waals surface area contributed by atoms with E-state index in [-0.39, 0.29) is 27.3 Å². The Labute approximate surface area is 93.3 Å². The zero-order valence-corrected chi connectivity index (χ0v) is 9.35. The van der Waals surface area contributed by atoms with E-state index in [2.05, 4.69) is 20.7 Å². The molecule has 3 nitrogen and oxygen atoms in total. The lowest BCUT2D eigenvalue weighted by molar-refractivity contribution is -0.0498. The number of hydrogen-bond donors (Lipinski definition) is 1. The minimum absolute atomic E-state index is 0.0859. The number of carbonyl (C=O) groups excluding carboxylic acids is 1. The van der Waals surface area contributed by atoms with Gasteiger partial charge in [0.15, 0.2) is 11.5 Å². The van der Waals surface area contributed by atoms with Crippen molar-refractivity contribution >= 4 is 27.4 Å². The lowest BCUT2D eigenvalue weighted by atomic mass is 10.1. The summed E-state index contributed by atoms with van der Waals surface area (Å²) in [5.41, 5.74) is 5.60. The Hall–Kier alpha value is -1.17. The minimum Gasteiger partial charge on any atom is -0.431 e. The van der Waals surface area contributed by atoms with Crippen molar-refractivity contribution in [3.63, 3.8) is 0 Å². The summed E-state index contributed by atoms with van der Waals surface area (Å²) in [6.07, 6.45) is 0. The van der Waals surface area contributed by atoms with E-state index in [4.69, 9.17) is 5.73 Å². The van der Waals surface area contributed by atoms with Crippen molar-refractivity contribution in [3.05, 3.63) is 22.2 Å². The van der Waals surface area contributed by atoms with Crippen molar-refractivity contribution in [2.75, 3.05) is 5.73 Å². The Bertz CT molecular complexity index is 396. The first-order chi connectivity index (χ1) is 6.93. The summed E-state index contributed by atoms with van der Waals surface area (Å²) in [7, 11) is 0. The second kappa shape index (κ2) is 4.57. The van der Waals surface area contributed by atoms with Crippen LogP contribution < -0.4 is 10.5 Å². The van der Waals surface area contributed by atoms with Gasteiger partial charge in [0.2, 0.25) is 0 Å². The predicted molar refractivity (Wildman–Crippen MR) is 55.2 cm³/mol. The second-order valence-corrected chi connectivity index (χ2v) is 3.63. The number of alkyl halides is 2. The number of anilines is 1. The highest BCUT2D eigenvalue weighted by Crippen LogP contribution is 2.35. The zero-order valence-electron chi connectivity index (χ0n) is 7.76. The molecule has 0 atom stereocenters. The smallest absolute Gasteiger partial charge is 0.387 e. The maximum Gasteiger partial charge on any atom is 0.387 e. The molecule has 1 aromatic carbocycles. The summed E-state index contributed by atoms with van der Waals surface area (Å²) < 4.78 is 28.6. The average molecular weight is 280 g/mol. The highest BCUT2D eigenvalue weighted by Gasteiger charge is 2.16. The number of hydrogen-bond acceptors (Lipinski definition) is 3. The summed E-state index contributed by atoms with van der Waals surface area (Å²) in [5.74, 6) is -0.517. The third-order valence-corrected chi connectivity index (χ3v) is 2.36. The molecule has 1 aromatic rings. The molecule has 15 heavy (non-hydrogen) atoms. The standard InChI is InChI=1S/C9H8BrF2NO2/c1-4(14)5-2-3-6(10)8(7(5)13)15-9(11)12/h2-3,9H,13H2,1H3. The molecule has 0 fully saturated rings. The lowest BCUT2D eigenvalue weighted by Crippen LogP contribution is -2.08. The van der Waals surface area contributed by atoms with Crippen LogP contribution in [0.2, 0.25) is 0 Å². The highest BCUT2D eigenvalue weighted by atomic mass is 79.9. The molecule has 0 aliphatic rings. The van der Waals surface area contributed by atoms with Gasteiger partial charge in [0.1, 0.15) is 0 Å². The van der Waals surface area contributed by atoms with Crippen LogP contribution >= 0.6 is 15.9 Å². The van der Waals surface area contributed by atoms with Crippen molar-refractivity contribution < 1.29 is 18.3 Å². The summed E-state index contributed by atoms with van der Waals surface area (Å²) in [6.45, 7) is -1.68. The van der Waals surface area contributed by atoms with E-state index in [0.29, 0.717) is 0 Å². The van der Waals surface area contributed by atoms with Gasteiger partial charge < -0.3 is 10.5 Å². The molecule has 6 heteroatoms. The van der Waals surface area contributed by atoms with Crippen LogP contribution in [-0.4, -0.2) is 12.4 Å². The van der Waals surface area contributed by atoms with Gasteiger partial charge in [-0.1, -0.05) is 0 Å². The van der Waals surface area contributed by atoms with Gasteiger partial charge in [-0.05, 0) is 35.0 Å². The third kappa shape index (κ3) is 2.65. The van der Waals surface area contributed by atoms with Crippen LogP contribution in [0.15, 0.2) is 16.6 Å². The third-order valence-electron chi connectivity index (χ3n) is 1.73. The van der Waals surface area contributed by atoms with E-state index >= 15 is 0 Å². The van der Waals surface area contributed by atoms with Crippen LogP contribution in [0.4, 0.5) is 14.5 Å². The van der Waals surface area contributed by atoms with Crippen molar-refractivity contribution in [1.82, 2.24) is 0 Å². The largest absolute Gasteiger partial charge is 0.431 e. The normalized spacial score (nSPS) is 10.5. The molecule has 0 aliphatic carbocycles. The fraction of sp³-hybridized carbons (Fsp3) is 0.222.